The Hall–Kier alpha value is -2.27. The molecule has 2 unspecified atom stereocenters. The second kappa shape index (κ2) is 6.71. The third-order valence-corrected chi connectivity index (χ3v) is 7.22. The summed E-state index contributed by atoms with van der Waals surface area (Å²) in [4.78, 5) is 0.249. The van der Waals surface area contributed by atoms with Gasteiger partial charge in [0.05, 0.1) is 10.6 Å². The molecule has 0 heterocycles. The Labute approximate surface area is 161 Å². The predicted octanol–water partition coefficient (Wildman–Crippen LogP) is 4.89. The number of aryl methyl sites for hydroxylation is 1. The quantitative estimate of drug-likeness (QED) is 0.586. The van der Waals surface area contributed by atoms with Crippen molar-refractivity contribution in [2.24, 2.45) is 5.92 Å². The third-order valence-electron chi connectivity index (χ3n) is 5.84. The SMILES string of the molecule is Cc1ccc(S(=O)(=O)Nc2ccc(O)c3c2C2CC(C)CCC2=CC3)cc1. The molecule has 0 spiro atoms. The van der Waals surface area contributed by atoms with Gasteiger partial charge in [0.1, 0.15) is 5.75 Å². The van der Waals surface area contributed by atoms with E-state index >= 15 is 0 Å². The zero-order chi connectivity index (χ0) is 19.2. The number of nitrogens with one attached hydrogen (secondary N) is 1. The molecule has 4 rings (SSSR count). The molecule has 0 bridgehead atoms. The van der Waals surface area contributed by atoms with E-state index in [1.807, 2.05) is 6.92 Å². The third kappa shape index (κ3) is 3.36. The summed E-state index contributed by atoms with van der Waals surface area (Å²) >= 11 is 0. The second-order valence-corrected chi connectivity index (χ2v) is 9.54. The van der Waals surface area contributed by atoms with Crippen LogP contribution in [0.5, 0.6) is 5.75 Å². The Morgan fingerprint density at radius 3 is 2.59 bits per heavy atom. The molecule has 27 heavy (non-hydrogen) atoms. The largest absolute Gasteiger partial charge is 0.508 e. The normalized spacial score (nSPS) is 21.8. The van der Waals surface area contributed by atoms with Crippen molar-refractivity contribution in [2.45, 2.75) is 50.3 Å². The number of hydrogen-bond donors (Lipinski definition) is 2. The van der Waals surface area contributed by atoms with Crippen molar-refractivity contribution in [1.29, 1.82) is 0 Å². The first kappa shape index (κ1) is 18.1. The lowest BCUT2D eigenvalue weighted by Crippen LogP contribution is -2.22. The van der Waals surface area contributed by atoms with Crippen molar-refractivity contribution in [3.63, 3.8) is 0 Å². The zero-order valence-electron chi connectivity index (χ0n) is 15.7. The zero-order valence-corrected chi connectivity index (χ0v) is 16.5. The highest BCUT2D eigenvalue weighted by molar-refractivity contribution is 7.92. The van der Waals surface area contributed by atoms with E-state index in [9.17, 15) is 13.5 Å². The van der Waals surface area contributed by atoms with E-state index in [0.29, 0.717) is 18.0 Å². The first-order valence-corrected chi connectivity index (χ1v) is 11.0. The molecule has 0 aliphatic heterocycles. The van der Waals surface area contributed by atoms with Gasteiger partial charge in [-0.15, -0.1) is 0 Å². The molecule has 0 saturated heterocycles. The van der Waals surface area contributed by atoms with E-state index in [1.54, 1.807) is 36.4 Å². The lowest BCUT2D eigenvalue weighted by atomic mass is 9.70. The Kier molecular flexibility index (Phi) is 4.50. The molecule has 2 aromatic carbocycles. The number of rotatable bonds is 3. The summed E-state index contributed by atoms with van der Waals surface area (Å²) in [6.45, 7) is 4.17. The van der Waals surface area contributed by atoms with Crippen LogP contribution >= 0.6 is 0 Å². The Balaban J connectivity index is 1.76. The van der Waals surface area contributed by atoms with Gasteiger partial charge in [0.25, 0.3) is 10.0 Å². The van der Waals surface area contributed by atoms with Gasteiger partial charge in [-0.3, -0.25) is 4.72 Å². The number of phenols is 1. The number of fused-ring (bicyclic) bond motifs is 3. The summed E-state index contributed by atoms with van der Waals surface area (Å²) in [7, 11) is -3.68. The van der Waals surface area contributed by atoms with Crippen LogP contribution in [-0.4, -0.2) is 13.5 Å². The number of sulfonamides is 1. The minimum Gasteiger partial charge on any atom is -0.508 e. The van der Waals surface area contributed by atoms with Crippen molar-refractivity contribution in [3.05, 3.63) is 64.7 Å². The highest BCUT2D eigenvalue weighted by Crippen LogP contribution is 2.48. The van der Waals surface area contributed by atoms with Crippen LogP contribution in [0.2, 0.25) is 0 Å². The average Bonchev–Trinajstić information content (AvgIpc) is 2.64. The number of anilines is 1. The Morgan fingerprint density at radius 1 is 1.11 bits per heavy atom. The number of hydrogen-bond acceptors (Lipinski definition) is 3. The van der Waals surface area contributed by atoms with E-state index in [2.05, 4.69) is 17.7 Å². The summed E-state index contributed by atoms with van der Waals surface area (Å²) in [6, 6.07) is 10.1. The van der Waals surface area contributed by atoms with Crippen LogP contribution in [0.3, 0.4) is 0 Å². The van der Waals surface area contributed by atoms with E-state index < -0.39 is 10.0 Å². The first-order chi connectivity index (χ1) is 12.8. The minimum atomic E-state index is -3.68. The fraction of sp³-hybridized carbons (Fsp3) is 0.364. The molecule has 1 fully saturated rings. The standard InChI is InChI=1S/C22H25NO3S/c1-14-4-8-17(9-5-14)27(25,26)23-20-11-12-21(24)18-10-7-16-6-3-15(2)13-19(16)22(18)20/h4-5,7-9,11-12,15,19,23-24H,3,6,10,13H2,1-2H3. The van der Waals surface area contributed by atoms with Crippen LogP contribution in [-0.2, 0) is 16.4 Å². The maximum atomic E-state index is 12.9. The van der Waals surface area contributed by atoms with Crippen LogP contribution < -0.4 is 4.72 Å². The first-order valence-electron chi connectivity index (χ1n) is 9.48. The minimum absolute atomic E-state index is 0.181. The highest BCUT2D eigenvalue weighted by atomic mass is 32.2. The van der Waals surface area contributed by atoms with Gasteiger partial charge in [0.15, 0.2) is 0 Å². The van der Waals surface area contributed by atoms with Gasteiger partial charge >= 0.3 is 0 Å². The van der Waals surface area contributed by atoms with Gasteiger partial charge < -0.3 is 5.11 Å². The molecule has 0 radical (unpaired) electrons. The summed E-state index contributed by atoms with van der Waals surface area (Å²) in [6.07, 6.45) is 6.08. The number of allylic oxidation sites excluding steroid dienone is 2. The summed E-state index contributed by atoms with van der Waals surface area (Å²) < 4.78 is 28.6. The van der Waals surface area contributed by atoms with Crippen molar-refractivity contribution >= 4 is 15.7 Å². The summed E-state index contributed by atoms with van der Waals surface area (Å²) in [5, 5.41) is 10.4. The topological polar surface area (TPSA) is 66.4 Å². The van der Waals surface area contributed by atoms with Gasteiger partial charge in [-0.05, 0) is 68.4 Å². The lowest BCUT2D eigenvalue weighted by Gasteiger charge is -2.35. The van der Waals surface area contributed by atoms with Crippen LogP contribution in [0.1, 0.15) is 48.8 Å². The fourth-order valence-corrected chi connectivity index (χ4v) is 5.40. The van der Waals surface area contributed by atoms with E-state index in [0.717, 1.165) is 29.5 Å². The van der Waals surface area contributed by atoms with Gasteiger partial charge in [-0.1, -0.05) is 36.3 Å². The molecular formula is C22H25NO3S. The van der Waals surface area contributed by atoms with Gasteiger partial charge in [0.2, 0.25) is 0 Å². The van der Waals surface area contributed by atoms with Crippen LogP contribution in [0, 0.1) is 12.8 Å². The molecule has 2 atom stereocenters. The molecule has 2 N–H and O–H groups in total. The fourth-order valence-electron chi connectivity index (χ4n) is 4.32. The molecule has 4 nitrogen and oxygen atoms in total. The lowest BCUT2D eigenvalue weighted by molar-refractivity contribution is 0.401. The smallest absolute Gasteiger partial charge is 0.261 e. The molecular weight excluding hydrogens is 358 g/mol. The van der Waals surface area contributed by atoms with Crippen molar-refractivity contribution in [1.82, 2.24) is 0 Å². The van der Waals surface area contributed by atoms with Crippen molar-refractivity contribution < 1.29 is 13.5 Å². The van der Waals surface area contributed by atoms with Crippen LogP contribution in [0.15, 0.2) is 52.9 Å². The van der Waals surface area contributed by atoms with Crippen molar-refractivity contribution in [3.8, 4) is 5.75 Å². The maximum Gasteiger partial charge on any atom is 0.261 e. The summed E-state index contributed by atoms with van der Waals surface area (Å²) in [5.41, 5.74) is 4.79. The van der Waals surface area contributed by atoms with Crippen molar-refractivity contribution in [2.75, 3.05) is 4.72 Å². The monoisotopic (exact) mass is 383 g/mol. The van der Waals surface area contributed by atoms with E-state index in [-0.39, 0.29) is 16.6 Å². The average molecular weight is 384 g/mol. The molecule has 1 saturated carbocycles. The van der Waals surface area contributed by atoms with Gasteiger partial charge in [-0.2, -0.15) is 0 Å². The number of phenolic OH excluding ortho intramolecular Hbond substituents is 1. The predicted molar refractivity (Wildman–Crippen MR) is 108 cm³/mol. The molecule has 0 aromatic heterocycles. The molecule has 2 aromatic rings. The van der Waals surface area contributed by atoms with E-state index in [4.69, 9.17) is 0 Å². The van der Waals surface area contributed by atoms with E-state index in [1.165, 1.54) is 12.0 Å². The number of aromatic hydroxyl groups is 1. The Morgan fingerprint density at radius 2 is 1.85 bits per heavy atom. The number of benzene rings is 2. The van der Waals surface area contributed by atoms with Crippen LogP contribution in [0.25, 0.3) is 0 Å². The summed E-state index contributed by atoms with van der Waals surface area (Å²) in [5.74, 6) is 1.01. The molecule has 5 heteroatoms. The molecule has 2 aliphatic carbocycles. The highest BCUT2D eigenvalue weighted by Gasteiger charge is 2.33. The van der Waals surface area contributed by atoms with Gasteiger partial charge in [-0.25, -0.2) is 8.42 Å². The maximum absolute atomic E-state index is 12.9. The molecule has 0 amide bonds. The Bertz CT molecular complexity index is 1010. The molecule has 2 aliphatic rings. The molecule has 142 valence electrons. The van der Waals surface area contributed by atoms with Crippen LogP contribution in [0.4, 0.5) is 5.69 Å². The second-order valence-electron chi connectivity index (χ2n) is 7.86. The van der Waals surface area contributed by atoms with Gasteiger partial charge in [0, 0.05) is 11.5 Å².